The van der Waals surface area contributed by atoms with E-state index in [1.807, 2.05) is 19.9 Å². The van der Waals surface area contributed by atoms with E-state index in [1.165, 1.54) is 11.8 Å². The summed E-state index contributed by atoms with van der Waals surface area (Å²) >= 11 is 1.29. The van der Waals surface area contributed by atoms with Crippen LogP contribution in [0.2, 0.25) is 0 Å². The van der Waals surface area contributed by atoms with Crippen molar-refractivity contribution in [2.24, 2.45) is 0 Å². The first-order valence-electron chi connectivity index (χ1n) is 6.87. The molecule has 7 heteroatoms. The number of furan rings is 1. The van der Waals surface area contributed by atoms with Crippen molar-refractivity contribution in [1.82, 2.24) is 20.5 Å². The van der Waals surface area contributed by atoms with Gasteiger partial charge in [0.15, 0.2) is 0 Å². The zero-order valence-electron chi connectivity index (χ0n) is 12.1. The quantitative estimate of drug-likeness (QED) is 0.788. The largest absolute Gasteiger partial charge is 0.467 e. The van der Waals surface area contributed by atoms with Crippen LogP contribution < -0.4 is 5.32 Å². The highest BCUT2D eigenvalue weighted by atomic mass is 32.2. The molecule has 0 aliphatic carbocycles. The third-order valence-corrected chi connectivity index (χ3v) is 3.70. The molecule has 2 rings (SSSR count). The molecule has 0 bridgehead atoms. The van der Waals surface area contributed by atoms with Crippen molar-refractivity contribution in [2.75, 3.05) is 5.75 Å². The van der Waals surface area contributed by atoms with Crippen LogP contribution in [0.3, 0.4) is 0 Å². The topological polar surface area (TPSA) is 80.9 Å². The maximum atomic E-state index is 11.7. The van der Waals surface area contributed by atoms with Gasteiger partial charge in [0, 0.05) is 0 Å². The number of nitrogens with zero attached hydrogens (tertiary/aromatic N) is 3. The fourth-order valence-electron chi connectivity index (χ4n) is 1.76. The number of hydrogen-bond acceptors (Lipinski definition) is 6. The zero-order valence-corrected chi connectivity index (χ0v) is 12.9. The van der Waals surface area contributed by atoms with Gasteiger partial charge in [-0.25, -0.2) is 4.98 Å². The van der Waals surface area contributed by atoms with Crippen molar-refractivity contribution >= 4 is 17.7 Å². The number of aromatic nitrogens is 3. The molecule has 2 aromatic heterocycles. The molecule has 1 amide bonds. The van der Waals surface area contributed by atoms with Gasteiger partial charge in [0.05, 0.1) is 29.9 Å². The highest BCUT2D eigenvalue weighted by Crippen LogP contribution is 2.14. The van der Waals surface area contributed by atoms with Crippen LogP contribution in [0.4, 0.5) is 0 Å². The number of nitrogens with one attached hydrogen (secondary N) is 1. The minimum absolute atomic E-state index is 0.0855. The average molecular weight is 306 g/mol. The fraction of sp³-hybridized carbons (Fsp3) is 0.429. The lowest BCUT2D eigenvalue weighted by Crippen LogP contribution is -2.24. The van der Waals surface area contributed by atoms with Crippen LogP contribution in [0.1, 0.15) is 31.0 Å². The Morgan fingerprint density at radius 3 is 2.76 bits per heavy atom. The second kappa shape index (κ2) is 7.78. The van der Waals surface area contributed by atoms with Crippen molar-refractivity contribution in [3.05, 3.63) is 35.5 Å². The van der Waals surface area contributed by atoms with Crippen molar-refractivity contribution in [2.45, 2.75) is 38.4 Å². The van der Waals surface area contributed by atoms with Gasteiger partial charge < -0.3 is 9.73 Å². The lowest BCUT2D eigenvalue weighted by molar-refractivity contribution is -0.118. The number of hydrogen-bond donors (Lipinski definition) is 1. The third-order valence-electron chi connectivity index (χ3n) is 2.86. The van der Waals surface area contributed by atoms with E-state index in [-0.39, 0.29) is 11.7 Å². The molecular formula is C14H18N4O2S. The molecule has 1 N–H and O–H groups in total. The van der Waals surface area contributed by atoms with Crippen LogP contribution in [0.15, 0.2) is 28.0 Å². The monoisotopic (exact) mass is 306 g/mol. The fourth-order valence-corrected chi connectivity index (χ4v) is 2.40. The lowest BCUT2D eigenvalue weighted by Gasteiger charge is -2.05. The first kappa shape index (κ1) is 15.5. The smallest absolute Gasteiger partial charge is 0.230 e. The molecule has 0 aliphatic rings. The number of aryl methyl sites for hydroxylation is 2. The standard InChI is InChI=1S/C14H18N4O2S/c1-3-11-12(4-2)17-18-14(16-11)21-9-13(19)15-8-10-6-5-7-20-10/h5-7H,3-4,8-9H2,1-2H3,(H,15,19). The first-order chi connectivity index (χ1) is 10.2. The van der Waals surface area contributed by atoms with Crippen LogP contribution in [0.5, 0.6) is 0 Å². The minimum Gasteiger partial charge on any atom is -0.467 e. The normalized spacial score (nSPS) is 10.6. The van der Waals surface area contributed by atoms with Gasteiger partial charge in [-0.3, -0.25) is 4.79 Å². The Hall–Kier alpha value is -1.89. The lowest BCUT2D eigenvalue weighted by atomic mass is 10.2. The van der Waals surface area contributed by atoms with Gasteiger partial charge in [-0.15, -0.1) is 5.10 Å². The molecule has 0 spiro atoms. The summed E-state index contributed by atoms with van der Waals surface area (Å²) in [6.45, 7) is 4.45. The summed E-state index contributed by atoms with van der Waals surface area (Å²) in [5, 5.41) is 11.5. The van der Waals surface area contributed by atoms with Gasteiger partial charge in [0.25, 0.3) is 0 Å². The van der Waals surface area contributed by atoms with Gasteiger partial charge in [0.2, 0.25) is 11.1 Å². The summed E-state index contributed by atoms with van der Waals surface area (Å²) in [5.41, 5.74) is 1.87. The number of thioether (sulfide) groups is 1. The second-order valence-corrected chi connectivity index (χ2v) is 5.28. The number of amides is 1. The predicted octanol–water partition coefficient (Wildman–Crippen LogP) is 2.00. The van der Waals surface area contributed by atoms with E-state index in [0.29, 0.717) is 11.7 Å². The highest BCUT2D eigenvalue weighted by Gasteiger charge is 2.09. The average Bonchev–Trinajstić information content (AvgIpc) is 3.04. The van der Waals surface area contributed by atoms with E-state index in [1.54, 1.807) is 12.3 Å². The summed E-state index contributed by atoms with van der Waals surface area (Å²) in [4.78, 5) is 16.2. The van der Waals surface area contributed by atoms with Crippen molar-refractivity contribution in [3.63, 3.8) is 0 Å². The Bertz CT molecular complexity index is 587. The second-order valence-electron chi connectivity index (χ2n) is 4.34. The summed E-state index contributed by atoms with van der Waals surface area (Å²) in [6.07, 6.45) is 3.21. The molecule has 0 saturated heterocycles. The van der Waals surface area contributed by atoms with Gasteiger partial charge in [0.1, 0.15) is 5.76 Å². The van der Waals surface area contributed by atoms with Crippen LogP contribution in [0, 0.1) is 0 Å². The zero-order chi connectivity index (χ0) is 15.1. The summed E-state index contributed by atoms with van der Waals surface area (Å²) in [7, 11) is 0. The van der Waals surface area contributed by atoms with Gasteiger partial charge in [-0.1, -0.05) is 25.6 Å². The van der Waals surface area contributed by atoms with E-state index in [4.69, 9.17) is 4.42 Å². The molecule has 0 aliphatic heterocycles. The Balaban J connectivity index is 1.83. The van der Waals surface area contributed by atoms with E-state index in [0.717, 1.165) is 30.0 Å². The molecule has 21 heavy (non-hydrogen) atoms. The van der Waals surface area contributed by atoms with Crippen LogP contribution in [0.25, 0.3) is 0 Å². The van der Waals surface area contributed by atoms with Gasteiger partial charge in [-0.2, -0.15) is 5.10 Å². The summed E-state index contributed by atoms with van der Waals surface area (Å²) < 4.78 is 5.15. The molecule has 0 radical (unpaired) electrons. The maximum absolute atomic E-state index is 11.7. The van der Waals surface area contributed by atoms with E-state index in [9.17, 15) is 4.79 Å². The molecule has 0 aromatic carbocycles. The Kier molecular flexibility index (Phi) is 5.74. The van der Waals surface area contributed by atoms with Crippen molar-refractivity contribution in [1.29, 1.82) is 0 Å². The van der Waals surface area contributed by atoms with Crippen LogP contribution in [-0.2, 0) is 24.2 Å². The van der Waals surface area contributed by atoms with Gasteiger partial charge in [-0.05, 0) is 25.0 Å². The molecule has 0 unspecified atom stereocenters. The van der Waals surface area contributed by atoms with E-state index in [2.05, 4.69) is 20.5 Å². The Morgan fingerprint density at radius 2 is 2.10 bits per heavy atom. The van der Waals surface area contributed by atoms with Crippen molar-refractivity contribution < 1.29 is 9.21 Å². The van der Waals surface area contributed by atoms with E-state index < -0.39 is 0 Å². The SMILES string of the molecule is CCc1nnc(SCC(=O)NCc2ccco2)nc1CC. The molecule has 0 atom stereocenters. The summed E-state index contributed by atoms with van der Waals surface area (Å²) in [6, 6.07) is 3.61. The number of carbonyl (C=O) groups is 1. The van der Waals surface area contributed by atoms with Gasteiger partial charge >= 0.3 is 0 Å². The maximum Gasteiger partial charge on any atom is 0.230 e. The number of rotatable bonds is 7. The Labute approximate surface area is 127 Å². The molecule has 0 fully saturated rings. The Morgan fingerprint density at radius 1 is 1.29 bits per heavy atom. The molecule has 0 saturated carbocycles. The minimum atomic E-state index is -0.0855. The highest BCUT2D eigenvalue weighted by molar-refractivity contribution is 7.99. The van der Waals surface area contributed by atoms with Crippen LogP contribution >= 0.6 is 11.8 Å². The molecular weight excluding hydrogens is 288 g/mol. The van der Waals surface area contributed by atoms with Crippen LogP contribution in [-0.4, -0.2) is 26.8 Å². The molecule has 2 heterocycles. The summed E-state index contributed by atoms with van der Waals surface area (Å²) in [5.74, 6) is 0.904. The molecule has 6 nitrogen and oxygen atoms in total. The molecule has 2 aromatic rings. The predicted molar refractivity (Wildman–Crippen MR) is 79.9 cm³/mol. The number of carbonyl (C=O) groups excluding carboxylic acids is 1. The van der Waals surface area contributed by atoms with Crippen molar-refractivity contribution in [3.8, 4) is 0 Å². The first-order valence-corrected chi connectivity index (χ1v) is 7.85. The molecule has 112 valence electrons. The van der Waals surface area contributed by atoms with E-state index >= 15 is 0 Å². The third kappa shape index (κ3) is 4.56.